The fourth-order valence-corrected chi connectivity index (χ4v) is 4.17. The highest BCUT2D eigenvalue weighted by molar-refractivity contribution is 5.96. The van der Waals surface area contributed by atoms with Crippen LogP contribution in [0.1, 0.15) is 52.0 Å². The van der Waals surface area contributed by atoms with Crippen molar-refractivity contribution in [3.05, 3.63) is 59.2 Å². The van der Waals surface area contributed by atoms with Crippen LogP contribution in [0.25, 0.3) is 11.1 Å². The Labute approximate surface area is 172 Å². The summed E-state index contributed by atoms with van der Waals surface area (Å²) in [5.41, 5.74) is 9.68. The van der Waals surface area contributed by atoms with E-state index >= 15 is 0 Å². The molecule has 5 nitrogen and oxygen atoms in total. The van der Waals surface area contributed by atoms with Crippen molar-refractivity contribution in [3.63, 3.8) is 0 Å². The van der Waals surface area contributed by atoms with E-state index in [4.69, 9.17) is 5.73 Å². The number of nitrogens with zero attached hydrogens (tertiary/aromatic N) is 1. The van der Waals surface area contributed by atoms with E-state index in [1.807, 2.05) is 37.3 Å². The Bertz CT molecular complexity index is 897. The summed E-state index contributed by atoms with van der Waals surface area (Å²) in [4.78, 5) is 26.8. The van der Waals surface area contributed by atoms with Crippen LogP contribution in [0.3, 0.4) is 0 Å². The smallest absolute Gasteiger partial charge is 0.254 e. The number of benzene rings is 2. The lowest BCUT2D eigenvalue weighted by atomic mass is 9.95. The second-order valence-corrected chi connectivity index (χ2v) is 8.35. The van der Waals surface area contributed by atoms with Crippen LogP contribution in [0.2, 0.25) is 0 Å². The molecule has 0 unspecified atom stereocenters. The zero-order valence-corrected chi connectivity index (χ0v) is 17.0. The highest BCUT2D eigenvalue weighted by atomic mass is 16.2. The molecule has 29 heavy (non-hydrogen) atoms. The van der Waals surface area contributed by atoms with Gasteiger partial charge in [0.05, 0.1) is 0 Å². The van der Waals surface area contributed by atoms with Gasteiger partial charge in [-0.05, 0) is 92.6 Å². The number of hydrogen-bond acceptors (Lipinski definition) is 3. The second-order valence-electron chi connectivity index (χ2n) is 8.35. The van der Waals surface area contributed by atoms with Crippen molar-refractivity contribution in [2.45, 2.75) is 38.6 Å². The Kier molecular flexibility index (Phi) is 5.67. The third-order valence-electron chi connectivity index (χ3n) is 6.13. The molecule has 3 N–H and O–H groups in total. The molecule has 2 amide bonds. The van der Waals surface area contributed by atoms with Gasteiger partial charge in [0.1, 0.15) is 0 Å². The highest BCUT2D eigenvalue weighted by Crippen LogP contribution is 2.32. The fraction of sp³-hybridized carbons (Fsp3) is 0.417. The Morgan fingerprint density at radius 3 is 2.28 bits per heavy atom. The van der Waals surface area contributed by atoms with E-state index in [0.29, 0.717) is 17.5 Å². The van der Waals surface area contributed by atoms with Crippen LogP contribution < -0.4 is 11.1 Å². The van der Waals surface area contributed by atoms with Crippen LogP contribution in [0.15, 0.2) is 42.5 Å². The van der Waals surface area contributed by atoms with Crippen LogP contribution in [-0.4, -0.2) is 42.4 Å². The quantitative estimate of drug-likeness (QED) is 0.793. The van der Waals surface area contributed by atoms with E-state index in [1.54, 1.807) is 12.1 Å². The molecule has 1 aliphatic heterocycles. The lowest BCUT2D eigenvalue weighted by Gasteiger charge is -2.30. The van der Waals surface area contributed by atoms with E-state index < -0.39 is 5.91 Å². The van der Waals surface area contributed by atoms with Gasteiger partial charge >= 0.3 is 0 Å². The van der Waals surface area contributed by atoms with Gasteiger partial charge in [-0.3, -0.25) is 9.59 Å². The zero-order valence-electron chi connectivity index (χ0n) is 17.0. The molecule has 0 radical (unpaired) electrons. The molecular formula is C24H29N3O2. The molecule has 2 aromatic carbocycles. The third kappa shape index (κ3) is 4.51. The molecule has 1 aliphatic carbocycles. The summed E-state index contributed by atoms with van der Waals surface area (Å²) in [6.45, 7) is 5.00. The minimum atomic E-state index is -0.435. The standard InChI is InChI=1S/C24H29N3O2/c1-16-2-3-20(14-22(16)18-4-6-19(7-5-18)23(25)28)24(29)27(21-8-9-21)15-17-10-12-26-13-11-17/h2-7,14,17,21,26H,8-13,15H2,1H3,(H2,25,28). The minimum absolute atomic E-state index is 0.140. The van der Waals surface area contributed by atoms with Gasteiger partial charge in [0, 0.05) is 23.7 Å². The molecule has 0 spiro atoms. The van der Waals surface area contributed by atoms with E-state index in [2.05, 4.69) is 10.2 Å². The molecule has 0 aromatic heterocycles. The van der Waals surface area contributed by atoms with E-state index in [-0.39, 0.29) is 5.91 Å². The maximum Gasteiger partial charge on any atom is 0.254 e. The monoisotopic (exact) mass is 391 g/mol. The van der Waals surface area contributed by atoms with Gasteiger partial charge in [-0.15, -0.1) is 0 Å². The zero-order chi connectivity index (χ0) is 20.4. The van der Waals surface area contributed by atoms with Crippen LogP contribution in [-0.2, 0) is 0 Å². The van der Waals surface area contributed by atoms with Crippen molar-refractivity contribution in [3.8, 4) is 11.1 Å². The molecule has 152 valence electrons. The first-order chi connectivity index (χ1) is 14.0. The first-order valence-corrected chi connectivity index (χ1v) is 10.6. The SMILES string of the molecule is Cc1ccc(C(=O)N(CC2CCNCC2)C2CC2)cc1-c1ccc(C(N)=O)cc1. The number of nitrogens with one attached hydrogen (secondary N) is 1. The van der Waals surface area contributed by atoms with Gasteiger partial charge in [0.15, 0.2) is 0 Å². The maximum atomic E-state index is 13.4. The van der Waals surface area contributed by atoms with E-state index in [0.717, 1.165) is 67.6 Å². The highest BCUT2D eigenvalue weighted by Gasteiger charge is 2.34. The number of amides is 2. The molecule has 1 heterocycles. The Hall–Kier alpha value is -2.66. The van der Waals surface area contributed by atoms with Crippen LogP contribution in [0, 0.1) is 12.8 Å². The second kappa shape index (κ2) is 8.37. The number of aryl methyl sites for hydroxylation is 1. The predicted octanol–water partition coefficient (Wildman–Crippen LogP) is 3.37. The Morgan fingerprint density at radius 1 is 1.00 bits per heavy atom. The first kappa shape index (κ1) is 19.6. The summed E-state index contributed by atoms with van der Waals surface area (Å²) in [6.07, 6.45) is 4.51. The number of primary amides is 1. The molecule has 1 saturated heterocycles. The molecule has 5 heteroatoms. The Balaban J connectivity index is 1.57. The molecule has 2 aliphatic rings. The average Bonchev–Trinajstić information content (AvgIpc) is 3.58. The molecule has 0 atom stereocenters. The lowest BCUT2D eigenvalue weighted by molar-refractivity contribution is 0.0701. The molecule has 1 saturated carbocycles. The molecule has 2 fully saturated rings. The number of nitrogens with two attached hydrogens (primary N) is 1. The van der Waals surface area contributed by atoms with E-state index in [9.17, 15) is 9.59 Å². The van der Waals surface area contributed by atoms with Crippen molar-refractivity contribution >= 4 is 11.8 Å². The predicted molar refractivity (Wildman–Crippen MR) is 115 cm³/mol. The number of carbonyl (C=O) groups excluding carboxylic acids is 2. The number of hydrogen-bond donors (Lipinski definition) is 2. The summed E-state index contributed by atoms with van der Waals surface area (Å²) in [5, 5.41) is 3.40. The van der Waals surface area contributed by atoms with Gasteiger partial charge in [0.2, 0.25) is 5.91 Å². The normalized spacial score (nSPS) is 17.1. The summed E-state index contributed by atoms with van der Waals surface area (Å²) in [7, 11) is 0. The summed E-state index contributed by atoms with van der Waals surface area (Å²) in [5.74, 6) is 0.295. The largest absolute Gasteiger partial charge is 0.366 e. The Morgan fingerprint density at radius 2 is 1.66 bits per heavy atom. The van der Waals surface area contributed by atoms with Crippen LogP contribution in [0.5, 0.6) is 0 Å². The topological polar surface area (TPSA) is 75.4 Å². The van der Waals surface area contributed by atoms with Crippen molar-refractivity contribution < 1.29 is 9.59 Å². The minimum Gasteiger partial charge on any atom is -0.366 e. The van der Waals surface area contributed by atoms with Crippen molar-refractivity contribution in [1.82, 2.24) is 10.2 Å². The van der Waals surface area contributed by atoms with Gasteiger partial charge in [-0.25, -0.2) is 0 Å². The average molecular weight is 392 g/mol. The van der Waals surface area contributed by atoms with Crippen LogP contribution >= 0.6 is 0 Å². The van der Waals surface area contributed by atoms with Crippen LogP contribution in [0.4, 0.5) is 0 Å². The molecule has 2 aromatic rings. The van der Waals surface area contributed by atoms with E-state index in [1.165, 1.54) is 0 Å². The third-order valence-corrected chi connectivity index (χ3v) is 6.13. The molecule has 0 bridgehead atoms. The van der Waals surface area contributed by atoms with Crippen molar-refractivity contribution in [2.24, 2.45) is 11.7 Å². The lowest BCUT2D eigenvalue weighted by Crippen LogP contribution is -2.40. The van der Waals surface area contributed by atoms with Crippen molar-refractivity contribution in [2.75, 3.05) is 19.6 Å². The number of carbonyl (C=O) groups is 2. The molecule has 4 rings (SSSR count). The fourth-order valence-electron chi connectivity index (χ4n) is 4.17. The first-order valence-electron chi connectivity index (χ1n) is 10.6. The maximum absolute atomic E-state index is 13.4. The van der Waals surface area contributed by atoms with Crippen molar-refractivity contribution in [1.29, 1.82) is 0 Å². The summed E-state index contributed by atoms with van der Waals surface area (Å²) in [6, 6.07) is 13.6. The summed E-state index contributed by atoms with van der Waals surface area (Å²) < 4.78 is 0. The summed E-state index contributed by atoms with van der Waals surface area (Å²) >= 11 is 0. The molecular weight excluding hydrogens is 362 g/mol. The number of rotatable bonds is 6. The van der Waals surface area contributed by atoms with Gasteiger partial charge < -0.3 is 16.0 Å². The van der Waals surface area contributed by atoms with Gasteiger partial charge in [-0.1, -0.05) is 18.2 Å². The van der Waals surface area contributed by atoms with Gasteiger partial charge in [-0.2, -0.15) is 0 Å². The van der Waals surface area contributed by atoms with Gasteiger partial charge in [0.25, 0.3) is 5.91 Å². The number of piperidine rings is 1.